The number of sulfonamides is 1. The number of aryl methyl sites for hydroxylation is 2. The van der Waals surface area contributed by atoms with E-state index in [1.165, 1.54) is 8.28 Å². The molecule has 0 N–H and O–H groups in total. The molecule has 2 aliphatic rings. The first-order valence-corrected chi connectivity index (χ1v) is 15.3. The van der Waals surface area contributed by atoms with Crippen molar-refractivity contribution >= 4 is 30.9 Å². The van der Waals surface area contributed by atoms with Crippen LogP contribution in [0.15, 0.2) is 88.7 Å². The number of benzene rings is 3. The predicted octanol–water partition coefficient (Wildman–Crippen LogP) is 5.09. The van der Waals surface area contributed by atoms with Crippen molar-refractivity contribution in [3.8, 4) is 0 Å². The van der Waals surface area contributed by atoms with Crippen molar-refractivity contribution in [2.75, 3.05) is 13.1 Å². The molecule has 4 aromatic rings. The zero-order valence-corrected chi connectivity index (χ0v) is 23.0. The van der Waals surface area contributed by atoms with Crippen LogP contribution >= 0.6 is 0 Å². The van der Waals surface area contributed by atoms with Crippen LogP contribution in [0.25, 0.3) is 10.9 Å². The zero-order valence-electron chi connectivity index (χ0n) is 21.3. The van der Waals surface area contributed by atoms with Gasteiger partial charge in [-0.15, -0.1) is 0 Å². The van der Waals surface area contributed by atoms with Crippen LogP contribution in [0.5, 0.6) is 0 Å². The van der Waals surface area contributed by atoms with Gasteiger partial charge < -0.3 is 0 Å². The molecule has 8 heteroatoms. The second kappa shape index (κ2) is 7.79. The molecule has 2 heterocycles. The molecular formula is C29H30N2O4S2. The van der Waals surface area contributed by atoms with Gasteiger partial charge in [-0.3, -0.25) is 0 Å². The topological polar surface area (TPSA) is 76.5 Å². The number of rotatable bonds is 5. The van der Waals surface area contributed by atoms with Crippen LogP contribution in [0.3, 0.4) is 0 Å². The molecule has 192 valence electrons. The minimum absolute atomic E-state index is 0.00324. The number of piperidine rings is 1. The number of fused-ring (bicyclic) bond motifs is 2. The molecule has 1 saturated carbocycles. The molecule has 1 aromatic heterocycles. The first-order chi connectivity index (χ1) is 17.4. The second-order valence-electron chi connectivity index (χ2n) is 11.0. The minimum atomic E-state index is -3.93. The Labute approximate surface area is 218 Å². The van der Waals surface area contributed by atoms with Gasteiger partial charge in [0.25, 0.3) is 10.0 Å². The summed E-state index contributed by atoms with van der Waals surface area (Å²) in [5, 5.41) is 0.823. The van der Waals surface area contributed by atoms with E-state index in [-0.39, 0.29) is 27.7 Å². The highest BCUT2D eigenvalue weighted by molar-refractivity contribution is 7.90. The van der Waals surface area contributed by atoms with Crippen LogP contribution in [-0.4, -0.2) is 38.2 Å². The highest BCUT2D eigenvalue weighted by Crippen LogP contribution is 2.73. The van der Waals surface area contributed by atoms with Gasteiger partial charge in [-0.2, -0.15) is 4.31 Å². The Hall–Kier alpha value is -2.94. The first kappa shape index (κ1) is 24.4. The van der Waals surface area contributed by atoms with E-state index in [9.17, 15) is 16.8 Å². The molecular weight excluding hydrogens is 504 g/mol. The van der Waals surface area contributed by atoms with E-state index >= 15 is 0 Å². The predicted molar refractivity (Wildman–Crippen MR) is 145 cm³/mol. The van der Waals surface area contributed by atoms with E-state index < -0.39 is 25.5 Å². The van der Waals surface area contributed by atoms with E-state index in [2.05, 4.69) is 13.8 Å². The number of para-hydroxylation sites is 1. The lowest BCUT2D eigenvalue weighted by atomic mass is 9.92. The summed E-state index contributed by atoms with van der Waals surface area (Å²) in [6.45, 7) is 8.68. The Bertz CT molecular complexity index is 1750. The Morgan fingerprint density at radius 3 is 1.89 bits per heavy atom. The minimum Gasteiger partial charge on any atom is -0.237 e. The summed E-state index contributed by atoms with van der Waals surface area (Å²) < 4.78 is 58.5. The average molecular weight is 535 g/mol. The van der Waals surface area contributed by atoms with Crippen LogP contribution < -0.4 is 0 Å². The van der Waals surface area contributed by atoms with E-state index in [1.54, 1.807) is 48.5 Å². The summed E-state index contributed by atoms with van der Waals surface area (Å²) in [7, 11) is -7.64. The number of aromatic nitrogens is 1. The van der Waals surface area contributed by atoms with Gasteiger partial charge in [0.05, 0.1) is 15.3 Å². The maximum atomic E-state index is 14.1. The summed E-state index contributed by atoms with van der Waals surface area (Å²) in [6, 6.07) is 23.2. The SMILES string of the molecule is Cc1ccc(S(=O)(=O)N2CC3C(C)(C)C3(c3cc4ccccc4n3S(=O)(=O)c3ccc(C)cc3)C2)cc1. The largest absolute Gasteiger partial charge is 0.268 e. The average Bonchev–Trinajstić information content (AvgIpc) is 3.25. The van der Waals surface area contributed by atoms with Gasteiger partial charge in [-0.05, 0) is 61.6 Å². The summed E-state index contributed by atoms with van der Waals surface area (Å²) in [5.74, 6) is -0.00324. The van der Waals surface area contributed by atoms with Crippen LogP contribution in [0.2, 0.25) is 0 Å². The highest BCUT2D eigenvalue weighted by atomic mass is 32.2. The monoisotopic (exact) mass is 534 g/mol. The van der Waals surface area contributed by atoms with Gasteiger partial charge in [0.2, 0.25) is 10.0 Å². The van der Waals surface area contributed by atoms with Gasteiger partial charge >= 0.3 is 0 Å². The molecule has 2 atom stereocenters. The number of hydrogen-bond acceptors (Lipinski definition) is 4. The lowest BCUT2D eigenvalue weighted by Crippen LogP contribution is -2.37. The van der Waals surface area contributed by atoms with Crippen molar-refractivity contribution in [1.82, 2.24) is 8.28 Å². The summed E-state index contributed by atoms with van der Waals surface area (Å²) in [4.78, 5) is 0.481. The Morgan fingerprint density at radius 2 is 1.30 bits per heavy atom. The van der Waals surface area contributed by atoms with Crippen molar-refractivity contribution in [1.29, 1.82) is 0 Å². The zero-order chi connectivity index (χ0) is 26.4. The standard InChI is InChI=1S/C29H30N2O4S2/c1-20-9-13-23(14-10-20)36(32,33)30-18-26-28(3,4)29(26,19-30)27-17-22-7-5-6-8-25(22)31(27)37(34,35)24-15-11-21(2)12-16-24/h5-17,26H,18-19H2,1-4H3. The molecule has 6 rings (SSSR count). The van der Waals surface area contributed by atoms with Crippen molar-refractivity contribution in [3.05, 3.63) is 95.7 Å². The molecule has 6 nitrogen and oxygen atoms in total. The van der Waals surface area contributed by atoms with Gasteiger partial charge in [-0.1, -0.05) is 67.4 Å². The highest BCUT2D eigenvalue weighted by Gasteiger charge is 2.77. The molecule has 3 aromatic carbocycles. The number of nitrogens with zero attached hydrogens (tertiary/aromatic N) is 2. The molecule has 0 bridgehead atoms. The van der Waals surface area contributed by atoms with Crippen LogP contribution in [0.1, 0.15) is 30.7 Å². The van der Waals surface area contributed by atoms with Crippen molar-refractivity contribution in [2.24, 2.45) is 11.3 Å². The third kappa shape index (κ3) is 3.32. The van der Waals surface area contributed by atoms with Crippen molar-refractivity contribution < 1.29 is 16.8 Å². The molecule has 37 heavy (non-hydrogen) atoms. The van der Waals surface area contributed by atoms with Crippen molar-refractivity contribution in [3.63, 3.8) is 0 Å². The molecule has 0 radical (unpaired) electrons. The Kier molecular flexibility index (Phi) is 5.13. The van der Waals surface area contributed by atoms with Gasteiger partial charge in [0, 0.05) is 29.6 Å². The summed E-state index contributed by atoms with van der Waals surface area (Å²) in [5.41, 5.74) is 2.35. The number of hydrogen-bond donors (Lipinski definition) is 0. The van der Waals surface area contributed by atoms with Crippen molar-refractivity contribution in [2.45, 2.75) is 42.9 Å². The summed E-state index contributed by atoms with van der Waals surface area (Å²) in [6.07, 6.45) is 0. The molecule has 1 saturated heterocycles. The van der Waals surface area contributed by atoms with Crippen LogP contribution in [0, 0.1) is 25.2 Å². The molecule has 2 fully saturated rings. The van der Waals surface area contributed by atoms with Gasteiger partial charge in [0.1, 0.15) is 0 Å². The smallest absolute Gasteiger partial charge is 0.237 e. The second-order valence-corrected chi connectivity index (χ2v) is 14.8. The molecule has 0 amide bonds. The lowest BCUT2D eigenvalue weighted by Gasteiger charge is -2.27. The third-order valence-electron chi connectivity index (χ3n) is 8.69. The molecule has 1 aliphatic heterocycles. The maximum Gasteiger partial charge on any atom is 0.268 e. The van der Waals surface area contributed by atoms with Gasteiger partial charge in [-0.25, -0.2) is 20.8 Å². The maximum absolute atomic E-state index is 14.1. The molecule has 1 aliphatic carbocycles. The Balaban J connectivity index is 1.52. The van der Waals surface area contributed by atoms with Gasteiger partial charge in [0.15, 0.2) is 0 Å². The van der Waals surface area contributed by atoms with Crippen LogP contribution in [0.4, 0.5) is 0 Å². The fraction of sp³-hybridized carbons (Fsp3) is 0.310. The normalized spacial score (nSPS) is 23.3. The van der Waals surface area contributed by atoms with Crippen LogP contribution in [-0.2, 0) is 25.5 Å². The third-order valence-corrected chi connectivity index (χ3v) is 12.3. The van der Waals surface area contributed by atoms with E-state index in [4.69, 9.17) is 0 Å². The summed E-state index contributed by atoms with van der Waals surface area (Å²) >= 11 is 0. The fourth-order valence-electron chi connectivity index (χ4n) is 6.36. The quantitative estimate of drug-likeness (QED) is 0.357. The lowest BCUT2D eigenvalue weighted by molar-refractivity contribution is 0.343. The first-order valence-electron chi connectivity index (χ1n) is 12.4. The van der Waals surface area contributed by atoms with E-state index in [1.807, 2.05) is 44.2 Å². The van der Waals surface area contributed by atoms with E-state index in [0.29, 0.717) is 17.8 Å². The molecule has 0 spiro atoms. The fourth-order valence-corrected chi connectivity index (χ4v) is 9.45. The molecule has 2 unspecified atom stereocenters. The Morgan fingerprint density at radius 1 is 0.757 bits per heavy atom. The van der Waals surface area contributed by atoms with E-state index in [0.717, 1.165) is 16.5 Å².